The first-order valence-corrected chi connectivity index (χ1v) is 3.15. The Labute approximate surface area is 60.0 Å². The van der Waals surface area contributed by atoms with Crippen molar-refractivity contribution in [2.75, 3.05) is 6.61 Å². The van der Waals surface area contributed by atoms with Crippen LogP contribution in [0.2, 0.25) is 0 Å². The first-order chi connectivity index (χ1) is 4.70. The van der Waals surface area contributed by atoms with Gasteiger partial charge < -0.3 is 10.2 Å². The summed E-state index contributed by atoms with van der Waals surface area (Å²) in [5.41, 5.74) is 0. The third-order valence-corrected chi connectivity index (χ3v) is 1.13. The van der Waals surface area contributed by atoms with Gasteiger partial charge in [-0.2, -0.15) is 0 Å². The fourth-order valence-electron chi connectivity index (χ4n) is 0.567. The Morgan fingerprint density at radius 3 is 2.70 bits per heavy atom. The second kappa shape index (κ2) is 5.14. The van der Waals surface area contributed by atoms with Crippen LogP contribution in [0.5, 0.6) is 0 Å². The van der Waals surface area contributed by atoms with Gasteiger partial charge in [0.2, 0.25) is 0 Å². The van der Waals surface area contributed by atoms with Crippen LogP contribution in [0.3, 0.4) is 0 Å². The smallest absolute Gasteiger partial charge is 0.157 e. The maximum Gasteiger partial charge on any atom is 0.157 e. The minimum atomic E-state index is -0.726. The zero-order chi connectivity index (χ0) is 7.98. The van der Waals surface area contributed by atoms with E-state index in [2.05, 4.69) is 6.58 Å². The Morgan fingerprint density at radius 1 is 1.70 bits per heavy atom. The third-order valence-electron chi connectivity index (χ3n) is 1.13. The molecule has 0 bridgehead atoms. The molecule has 0 aromatic heterocycles. The van der Waals surface area contributed by atoms with Gasteiger partial charge in [-0.05, 0) is 12.5 Å². The molecule has 0 aromatic carbocycles. The van der Waals surface area contributed by atoms with E-state index >= 15 is 0 Å². The standard InChI is InChI=1S/C7H12O3/c1-2-6(9)5-7(10)3-4-8/h2,7-8,10H,1,3-5H2. The van der Waals surface area contributed by atoms with E-state index in [4.69, 9.17) is 10.2 Å². The maximum absolute atomic E-state index is 10.5. The summed E-state index contributed by atoms with van der Waals surface area (Å²) in [7, 11) is 0. The quantitative estimate of drug-likeness (QED) is 0.529. The van der Waals surface area contributed by atoms with E-state index in [0.717, 1.165) is 0 Å². The fourth-order valence-corrected chi connectivity index (χ4v) is 0.567. The highest BCUT2D eigenvalue weighted by Gasteiger charge is 2.06. The summed E-state index contributed by atoms with van der Waals surface area (Å²) in [6.07, 6.45) is 0.750. The number of hydrogen-bond donors (Lipinski definition) is 2. The Hall–Kier alpha value is -0.670. The van der Waals surface area contributed by atoms with Crippen LogP contribution < -0.4 is 0 Å². The predicted octanol–water partition coefficient (Wildman–Crippen LogP) is -0.125. The normalized spacial score (nSPS) is 12.6. The molecule has 0 aromatic rings. The van der Waals surface area contributed by atoms with Crippen molar-refractivity contribution in [1.82, 2.24) is 0 Å². The number of rotatable bonds is 5. The van der Waals surface area contributed by atoms with Crippen molar-refractivity contribution in [2.45, 2.75) is 18.9 Å². The van der Waals surface area contributed by atoms with Crippen LogP contribution in [0.25, 0.3) is 0 Å². The van der Waals surface area contributed by atoms with Gasteiger partial charge in [-0.1, -0.05) is 6.58 Å². The molecule has 0 spiro atoms. The molecule has 0 amide bonds. The van der Waals surface area contributed by atoms with Crippen molar-refractivity contribution >= 4 is 5.78 Å². The molecular weight excluding hydrogens is 132 g/mol. The van der Waals surface area contributed by atoms with Gasteiger partial charge >= 0.3 is 0 Å². The SMILES string of the molecule is C=CC(=O)CC(O)CCO. The van der Waals surface area contributed by atoms with Crippen molar-refractivity contribution in [3.8, 4) is 0 Å². The number of allylic oxidation sites excluding steroid dienone is 1. The number of aliphatic hydroxyl groups excluding tert-OH is 2. The Morgan fingerprint density at radius 2 is 2.30 bits per heavy atom. The van der Waals surface area contributed by atoms with E-state index in [1.54, 1.807) is 0 Å². The number of hydrogen-bond acceptors (Lipinski definition) is 3. The molecule has 0 fully saturated rings. The van der Waals surface area contributed by atoms with Crippen LogP contribution in [0.1, 0.15) is 12.8 Å². The summed E-state index contributed by atoms with van der Waals surface area (Å²) in [6, 6.07) is 0. The lowest BCUT2D eigenvalue weighted by Crippen LogP contribution is -2.13. The molecule has 58 valence electrons. The zero-order valence-corrected chi connectivity index (χ0v) is 5.79. The number of ketones is 1. The van der Waals surface area contributed by atoms with Crippen molar-refractivity contribution in [3.05, 3.63) is 12.7 Å². The second-order valence-corrected chi connectivity index (χ2v) is 2.04. The molecule has 0 heterocycles. The van der Waals surface area contributed by atoms with E-state index in [9.17, 15) is 4.79 Å². The summed E-state index contributed by atoms with van der Waals surface area (Å²) in [5, 5.41) is 17.2. The summed E-state index contributed by atoms with van der Waals surface area (Å²) in [4.78, 5) is 10.5. The van der Waals surface area contributed by atoms with E-state index < -0.39 is 6.10 Å². The largest absolute Gasteiger partial charge is 0.396 e. The molecule has 0 aliphatic heterocycles. The van der Waals surface area contributed by atoms with Gasteiger partial charge in [0.15, 0.2) is 5.78 Å². The lowest BCUT2D eigenvalue weighted by Gasteiger charge is -2.04. The van der Waals surface area contributed by atoms with Crippen LogP contribution in [-0.4, -0.2) is 28.7 Å². The molecule has 1 unspecified atom stereocenters. The molecule has 0 radical (unpaired) electrons. The predicted molar refractivity (Wildman–Crippen MR) is 37.5 cm³/mol. The van der Waals surface area contributed by atoms with Crippen molar-refractivity contribution in [2.24, 2.45) is 0 Å². The van der Waals surface area contributed by atoms with Gasteiger partial charge in [0.1, 0.15) is 0 Å². The van der Waals surface area contributed by atoms with Crippen LogP contribution in [-0.2, 0) is 4.79 Å². The molecule has 0 saturated carbocycles. The summed E-state index contributed by atoms with van der Waals surface area (Å²) < 4.78 is 0. The highest BCUT2D eigenvalue weighted by molar-refractivity contribution is 5.89. The molecule has 2 N–H and O–H groups in total. The minimum absolute atomic E-state index is 0.0596. The van der Waals surface area contributed by atoms with Crippen molar-refractivity contribution in [1.29, 1.82) is 0 Å². The fraction of sp³-hybridized carbons (Fsp3) is 0.571. The highest BCUT2D eigenvalue weighted by Crippen LogP contribution is 1.97. The molecule has 0 aliphatic carbocycles. The maximum atomic E-state index is 10.5. The topological polar surface area (TPSA) is 57.5 Å². The average molecular weight is 144 g/mol. The second-order valence-electron chi connectivity index (χ2n) is 2.04. The Kier molecular flexibility index (Phi) is 4.80. The molecule has 0 rings (SSSR count). The average Bonchev–Trinajstić information content (AvgIpc) is 1.88. The molecule has 0 aliphatic rings. The van der Waals surface area contributed by atoms with Gasteiger partial charge in [-0.25, -0.2) is 0 Å². The minimum Gasteiger partial charge on any atom is -0.396 e. The first kappa shape index (κ1) is 9.33. The molecular formula is C7H12O3. The number of aliphatic hydroxyl groups is 2. The van der Waals surface area contributed by atoms with Crippen LogP contribution in [0.4, 0.5) is 0 Å². The molecule has 10 heavy (non-hydrogen) atoms. The van der Waals surface area contributed by atoms with Gasteiger partial charge in [-0.15, -0.1) is 0 Å². The van der Waals surface area contributed by atoms with Gasteiger partial charge in [-0.3, -0.25) is 4.79 Å². The molecule has 3 heteroatoms. The number of carbonyl (C=O) groups excluding carboxylic acids is 1. The lowest BCUT2D eigenvalue weighted by atomic mass is 10.1. The molecule has 0 saturated heterocycles. The van der Waals surface area contributed by atoms with Gasteiger partial charge in [0, 0.05) is 13.0 Å². The van der Waals surface area contributed by atoms with E-state index in [1.807, 2.05) is 0 Å². The van der Waals surface area contributed by atoms with E-state index in [-0.39, 0.29) is 25.2 Å². The van der Waals surface area contributed by atoms with Gasteiger partial charge in [0.05, 0.1) is 6.10 Å². The first-order valence-electron chi connectivity index (χ1n) is 3.15. The zero-order valence-electron chi connectivity index (χ0n) is 5.79. The highest BCUT2D eigenvalue weighted by atomic mass is 16.3. The lowest BCUT2D eigenvalue weighted by molar-refractivity contribution is -0.116. The summed E-state index contributed by atoms with van der Waals surface area (Å²) in [6.45, 7) is 3.16. The van der Waals surface area contributed by atoms with Crippen LogP contribution in [0.15, 0.2) is 12.7 Å². The third kappa shape index (κ3) is 4.23. The Balaban J connectivity index is 3.46. The molecule has 3 nitrogen and oxygen atoms in total. The summed E-state index contributed by atoms with van der Waals surface area (Å²) in [5.74, 6) is -0.194. The van der Waals surface area contributed by atoms with E-state index in [1.165, 1.54) is 6.08 Å². The number of carbonyl (C=O) groups is 1. The Bertz CT molecular complexity index is 120. The van der Waals surface area contributed by atoms with E-state index in [0.29, 0.717) is 0 Å². The van der Waals surface area contributed by atoms with Crippen molar-refractivity contribution < 1.29 is 15.0 Å². The monoisotopic (exact) mass is 144 g/mol. The van der Waals surface area contributed by atoms with Crippen LogP contribution >= 0.6 is 0 Å². The van der Waals surface area contributed by atoms with Crippen LogP contribution in [0, 0.1) is 0 Å². The summed E-state index contributed by atoms with van der Waals surface area (Å²) >= 11 is 0. The van der Waals surface area contributed by atoms with Gasteiger partial charge in [0.25, 0.3) is 0 Å². The van der Waals surface area contributed by atoms with Crippen molar-refractivity contribution in [3.63, 3.8) is 0 Å². The molecule has 1 atom stereocenters.